The summed E-state index contributed by atoms with van der Waals surface area (Å²) in [6.07, 6.45) is 2.81. The topological polar surface area (TPSA) is 124 Å². The molecule has 4 aromatic rings. The highest BCUT2D eigenvalue weighted by Crippen LogP contribution is 2.47. The number of aryl methyl sites for hydroxylation is 1. The molecule has 0 bridgehead atoms. The molecule has 6 rings (SSSR count). The van der Waals surface area contributed by atoms with E-state index in [1.165, 1.54) is 16.5 Å². The number of nitrogens with one attached hydrogen (secondary N) is 2. The number of aliphatic hydroxyl groups excluding tert-OH is 1. The van der Waals surface area contributed by atoms with E-state index in [-0.39, 0.29) is 35.9 Å². The van der Waals surface area contributed by atoms with Crippen molar-refractivity contribution in [3.63, 3.8) is 0 Å². The van der Waals surface area contributed by atoms with Crippen molar-refractivity contribution in [2.45, 2.75) is 43.7 Å². The first kappa shape index (κ1) is 31.9. The zero-order valence-corrected chi connectivity index (χ0v) is 26.8. The molecule has 0 aliphatic carbocycles. The number of hydrogen-bond donors (Lipinski definition) is 5. The number of anilines is 1. The zero-order valence-electron chi connectivity index (χ0n) is 26.0. The fourth-order valence-corrected chi connectivity index (χ4v) is 7.40. The number of carbonyl (C=O) groups excluding carboxylic acids is 1. The molecule has 5 N–H and O–H groups in total. The van der Waals surface area contributed by atoms with Gasteiger partial charge < -0.3 is 40.3 Å². The monoisotopic (exact) mass is 643 g/mol. The molecular weight excluding hydrogens is 602 g/mol. The van der Waals surface area contributed by atoms with E-state index in [9.17, 15) is 20.1 Å². The molecule has 1 atom stereocenters. The minimum absolute atomic E-state index is 0.102. The largest absolute Gasteiger partial charge is 0.508 e. The van der Waals surface area contributed by atoms with E-state index >= 15 is 0 Å². The summed E-state index contributed by atoms with van der Waals surface area (Å²) in [5.74, 6) is 1.02. The van der Waals surface area contributed by atoms with Gasteiger partial charge in [-0.25, -0.2) is 0 Å². The van der Waals surface area contributed by atoms with Gasteiger partial charge in [-0.15, -0.1) is 11.3 Å². The van der Waals surface area contributed by atoms with E-state index in [0.717, 1.165) is 55.6 Å². The third-order valence-electron chi connectivity index (χ3n) is 9.02. The van der Waals surface area contributed by atoms with Crippen molar-refractivity contribution in [3.8, 4) is 23.0 Å². The Morgan fingerprint density at radius 1 is 1.04 bits per heavy atom. The maximum absolute atomic E-state index is 11.6. The van der Waals surface area contributed by atoms with E-state index < -0.39 is 6.10 Å². The SMILES string of the molecule is CN1CCC(c2cccs2)(c2cc(CCCOc3ccc(CNC[C@H](O)c4ccc(O)c5c4OCC(=O)N5)cc3)ccc2O)CC1. The Morgan fingerprint density at radius 2 is 1.80 bits per heavy atom. The predicted molar refractivity (Wildman–Crippen MR) is 179 cm³/mol. The first-order chi connectivity index (χ1) is 22.3. The van der Waals surface area contributed by atoms with Gasteiger partial charge in [-0.1, -0.05) is 30.3 Å². The maximum Gasteiger partial charge on any atom is 0.262 e. The van der Waals surface area contributed by atoms with E-state index in [4.69, 9.17) is 9.47 Å². The number of aliphatic hydroxyl groups is 1. The number of fused-ring (bicyclic) bond motifs is 1. The number of thiophene rings is 1. The highest BCUT2D eigenvalue weighted by atomic mass is 32.1. The molecule has 3 aromatic carbocycles. The van der Waals surface area contributed by atoms with Crippen LogP contribution in [0.2, 0.25) is 0 Å². The molecule has 2 aliphatic heterocycles. The quantitative estimate of drug-likeness (QED) is 0.104. The van der Waals surface area contributed by atoms with Crippen molar-refractivity contribution >= 4 is 22.9 Å². The second kappa shape index (κ2) is 14.1. The first-order valence-electron chi connectivity index (χ1n) is 15.8. The average molecular weight is 644 g/mol. The van der Waals surface area contributed by atoms with Gasteiger partial charge in [0.1, 0.15) is 22.9 Å². The Morgan fingerprint density at radius 3 is 2.57 bits per heavy atom. The summed E-state index contributed by atoms with van der Waals surface area (Å²) in [5, 5.41) is 39.7. The van der Waals surface area contributed by atoms with Gasteiger partial charge in [-0.3, -0.25) is 4.79 Å². The van der Waals surface area contributed by atoms with Crippen LogP contribution in [0, 0.1) is 0 Å². The second-order valence-electron chi connectivity index (χ2n) is 12.2. The van der Waals surface area contributed by atoms with Crippen molar-refractivity contribution in [1.29, 1.82) is 0 Å². The molecule has 242 valence electrons. The Kier molecular flexibility index (Phi) is 9.79. The molecule has 1 fully saturated rings. The molecule has 9 nitrogen and oxygen atoms in total. The van der Waals surface area contributed by atoms with Crippen molar-refractivity contribution < 1.29 is 29.6 Å². The second-order valence-corrected chi connectivity index (χ2v) is 13.1. The van der Waals surface area contributed by atoms with Crippen molar-refractivity contribution in [2.75, 3.05) is 45.2 Å². The van der Waals surface area contributed by atoms with Crippen LogP contribution in [0.4, 0.5) is 5.69 Å². The number of rotatable bonds is 12. The van der Waals surface area contributed by atoms with Crippen molar-refractivity contribution in [2.24, 2.45) is 0 Å². The number of likely N-dealkylation sites (tertiary alicyclic amines) is 1. The summed E-state index contributed by atoms with van der Waals surface area (Å²) in [6, 6.07) is 21.3. The zero-order chi connectivity index (χ0) is 32.1. The summed E-state index contributed by atoms with van der Waals surface area (Å²) < 4.78 is 11.5. The van der Waals surface area contributed by atoms with Gasteiger partial charge in [-0.2, -0.15) is 0 Å². The minimum Gasteiger partial charge on any atom is -0.508 e. The summed E-state index contributed by atoms with van der Waals surface area (Å²) >= 11 is 1.78. The van der Waals surface area contributed by atoms with Crippen LogP contribution in [0.5, 0.6) is 23.0 Å². The number of phenols is 2. The van der Waals surface area contributed by atoms with E-state index in [1.54, 1.807) is 17.4 Å². The molecule has 0 unspecified atom stereocenters. The third-order valence-corrected chi connectivity index (χ3v) is 10.1. The van der Waals surface area contributed by atoms with Crippen LogP contribution >= 0.6 is 11.3 Å². The lowest BCUT2D eigenvalue weighted by Crippen LogP contribution is -2.41. The number of amides is 1. The van der Waals surface area contributed by atoms with Crippen molar-refractivity contribution in [1.82, 2.24) is 10.2 Å². The smallest absolute Gasteiger partial charge is 0.262 e. The van der Waals surface area contributed by atoms with Crippen molar-refractivity contribution in [3.05, 3.63) is 99.2 Å². The molecule has 46 heavy (non-hydrogen) atoms. The number of aromatic hydroxyl groups is 2. The van der Waals surface area contributed by atoms with Crippen LogP contribution < -0.4 is 20.1 Å². The van der Waals surface area contributed by atoms with Crippen LogP contribution in [-0.2, 0) is 23.2 Å². The summed E-state index contributed by atoms with van der Waals surface area (Å²) in [4.78, 5) is 15.3. The van der Waals surface area contributed by atoms with Crippen LogP contribution in [0.1, 0.15) is 52.5 Å². The normalized spacial score (nSPS) is 16.7. The average Bonchev–Trinajstić information content (AvgIpc) is 3.61. The van der Waals surface area contributed by atoms with Crippen LogP contribution in [0.25, 0.3) is 0 Å². The number of phenolic OH excluding ortho intramolecular Hbond substituents is 2. The number of hydrogen-bond acceptors (Lipinski definition) is 9. The summed E-state index contributed by atoms with van der Waals surface area (Å²) in [7, 11) is 2.16. The lowest BCUT2D eigenvalue weighted by molar-refractivity contribution is -0.118. The van der Waals surface area contributed by atoms with Gasteiger partial charge in [0.15, 0.2) is 12.4 Å². The molecular formula is C36H41N3O6S. The number of ether oxygens (including phenoxy) is 2. The standard InChI is InChI=1S/C36H41N3O6S/c1-39-16-14-36(15-17-39,32-5-3-19-46-32)28-20-24(8-12-29(28)40)4-2-18-44-26-9-6-25(7-10-26)21-37-22-31(42)27-11-13-30(41)34-35(27)45-23-33(43)38-34/h3,5-13,19-20,31,37,40-42H,2,4,14-18,21-23H2,1H3,(H,38,43)/t31-/m0/s1. The Hall–Kier alpha value is -4.09. The van der Waals surface area contributed by atoms with E-state index in [0.29, 0.717) is 30.2 Å². The molecule has 2 aliphatic rings. The summed E-state index contributed by atoms with van der Waals surface area (Å²) in [5.41, 5.74) is 3.83. The van der Waals surface area contributed by atoms with Gasteiger partial charge >= 0.3 is 0 Å². The fraction of sp³-hybridized carbons (Fsp3) is 0.361. The number of piperidine rings is 1. The molecule has 0 radical (unpaired) electrons. The Bertz CT molecular complexity index is 1630. The molecule has 1 aromatic heterocycles. The molecule has 0 saturated carbocycles. The van der Waals surface area contributed by atoms with Gasteiger partial charge in [0.05, 0.1) is 12.7 Å². The fourth-order valence-electron chi connectivity index (χ4n) is 6.39. The predicted octanol–water partition coefficient (Wildman–Crippen LogP) is 5.34. The minimum atomic E-state index is -0.887. The molecule has 10 heteroatoms. The van der Waals surface area contributed by atoms with Crippen LogP contribution in [-0.4, -0.2) is 66.0 Å². The number of carbonyl (C=O) groups is 1. The van der Waals surface area contributed by atoms with Gasteiger partial charge in [-0.05, 0) is 98.7 Å². The van der Waals surface area contributed by atoms with Crippen LogP contribution in [0.15, 0.2) is 72.1 Å². The highest BCUT2D eigenvalue weighted by molar-refractivity contribution is 7.10. The molecule has 1 saturated heterocycles. The molecule has 0 spiro atoms. The number of benzene rings is 3. The lowest BCUT2D eigenvalue weighted by atomic mass is 9.71. The number of nitrogens with zero attached hydrogens (tertiary/aromatic N) is 1. The van der Waals surface area contributed by atoms with Gasteiger partial charge in [0.2, 0.25) is 0 Å². The first-order valence-corrected chi connectivity index (χ1v) is 16.6. The van der Waals surface area contributed by atoms with Gasteiger partial charge in [0.25, 0.3) is 5.91 Å². The molecule has 1 amide bonds. The molecule has 3 heterocycles. The van der Waals surface area contributed by atoms with Crippen LogP contribution in [0.3, 0.4) is 0 Å². The Balaban J connectivity index is 0.982. The summed E-state index contributed by atoms with van der Waals surface area (Å²) in [6.45, 7) is 3.24. The van der Waals surface area contributed by atoms with E-state index in [2.05, 4.69) is 46.2 Å². The van der Waals surface area contributed by atoms with Gasteiger partial charge in [0, 0.05) is 34.5 Å². The third kappa shape index (κ3) is 7.00. The maximum atomic E-state index is 11.6. The van der Waals surface area contributed by atoms with E-state index in [1.807, 2.05) is 36.4 Å². The highest BCUT2D eigenvalue weighted by Gasteiger charge is 2.40. The Labute approximate surface area is 273 Å². The lowest BCUT2D eigenvalue weighted by Gasteiger charge is -2.41.